The average Bonchev–Trinajstić information content (AvgIpc) is 2.70. The number of aliphatic carboxylic acids is 1. The number of thiophene rings is 1. The van der Waals surface area contributed by atoms with Crippen LogP contribution in [0.25, 0.3) is 0 Å². The summed E-state index contributed by atoms with van der Waals surface area (Å²) in [4.78, 5) is 30.6. The van der Waals surface area contributed by atoms with Crippen LogP contribution < -0.4 is 0 Å². The largest absolute Gasteiger partial charge is 0.479 e. The zero-order valence-electron chi connectivity index (χ0n) is 8.14. The molecule has 9 heteroatoms. The van der Waals surface area contributed by atoms with Gasteiger partial charge in [0.1, 0.15) is 6.10 Å². The monoisotopic (exact) mass is 261 g/mol. The molecule has 1 rings (SSSR count). The lowest BCUT2D eigenvalue weighted by molar-refractivity contribution is -0.381. The number of rotatable bonds is 5. The maximum Gasteiger partial charge on any atom is 0.335 e. The Hall–Kier alpha value is -1.84. The van der Waals surface area contributed by atoms with Crippen molar-refractivity contribution in [3.8, 4) is 0 Å². The molecular weight excluding hydrogens is 254 g/mol. The van der Waals surface area contributed by atoms with Gasteiger partial charge in [0, 0.05) is 0 Å². The number of carboxylic acids is 1. The van der Waals surface area contributed by atoms with Gasteiger partial charge in [-0.05, 0) is 6.07 Å². The maximum atomic E-state index is 10.6. The molecule has 17 heavy (non-hydrogen) atoms. The van der Waals surface area contributed by atoms with E-state index in [1.807, 2.05) is 0 Å². The first kappa shape index (κ1) is 13.2. The summed E-state index contributed by atoms with van der Waals surface area (Å²) in [6, 6.07) is 0.979. The first-order valence-electron chi connectivity index (χ1n) is 4.20. The number of carbonyl (C=O) groups excluding carboxylic acids is 1. The van der Waals surface area contributed by atoms with E-state index in [2.05, 4.69) is 0 Å². The van der Waals surface area contributed by atoms with Crippen molar-refractivity contribution in [2.45, 2.75) is 12.2 Å². The first-order chi connectivity index (χ1) is 7.88. The fourth-order valence-corrected chi connectivity index (χ4v) is 1.96. The molecule has 0 aliphatic carbocycles. The molecule has 3 N–H and O–H groups in total. The van der Waals surface area contributed by atoms with E-state index in [0.717, 1.165) is 6.07 Å². The Morgan fingerprint density at radius 2 is 2.12 bits per heavy atom. The molecule has 0 aliphatic heterocycles. The second-order valence-corrected chi connectivity index (χ2v) is 4.07. The summed E-state index contributed by atoms with van der Waals surface area (Å²) in [5, 5.41) is 37.0. The van der Waals surface area contributed by atoms with Crippen molar-refractivity contribution in [3.05, 3.63) is 26.6 Å². The van der Waals surface area contributed by atoms with E-state index in [9.17, 15) is 24.8 Å². The number of nitrogens with zero attached hydrogens (tertiary/aromatic N) is 1. The van der Waals surface area contributed by atoms with Crippen LogP contribution in [0.1, 0.15) is 21.3 Å². The van der Waals surface area contributed by atoms with E-state index in [-0.39, 0.29) is 4.88 Å². The Kier molecular flexibility index (Phi) is 3.89. The predicted octanol–water partition coefficient (Wildman–Crippen LogP) is -0.0523. The van der Waals surface area contributed by atoms with Crippen molar-refractivity contribution in [1.29, 1.82) is 0 Å². The number of carboxylic acid groups (broad SMARTS) is 1. The summed E-state index contributed by atoms with van der Waals surface area (Å²) in [7, 11) is 0. The minimum Gasteiger partial charge on any atom is -0.479 e. The van der Waals surface area contributed by atoms with Gasteiger partial charge < -0.3 is 15.3 Å². The summed E-state index contributed by atoms with van der Waals surface area (Å²) in [5.41, 5.74) is -0.392. The van der Waals surface area contributed by atoms with Gasteiger partial charge in [-0.3, -0.25) is 14.9 Å². The third-order valence-electron chi connectivity index (χ3n) is 1.91. The summed E-state index contributed by atoms with van der Waals surface area (Å²) in [6.45, 7) is 0. The third-order valence-corrected chi connectivity index (χ3v) is 2.94. The molecule has 0 fully saturated rings. The molecule has 0 aliphatic rings. The highest BCUT2D eigenvalue weighted by atomic mass is 32.1. The highest BCUT2D eigenvalue weighted by Gasteiger charge is 2.33. The smallest absolute Gasteiger partial charge is 0.335 e. The predicted molar refractivity (Wildman–Crippen MR) is 55.0 cm³/mol. The molecule has 92 valence electrons. The first-order valence-corrected chi connectivity index (χ1v) is 5.02. The Balaban J connectivity index is 3.19. The molecule has 0 saturated heterocycles. The van der Waals surface area contributed by atoms with Crippen LogP contribution in [-0.4, -0.2) is 38.6 Å². The molecule has 2 atom stereocenters. The van der Waals surface area contributed by atoms with Crippen LogP contribution in [0.3, 0.4) is 0 Å². The van der Waals surface area contributed by atoms with Gasteiger partial charge in [0.2, 0.25) is 0 Å². The van der Waals surface area contributed by atoms with Crippen molar-refractivity contribution >= 4 is 28.6 Å². The highest BCUT2D eigenvalue weighted by molar-refractivity contribution is 7.17. The molecule has 1 aromatic heterocycles. The highest BCUT2D eigenvalue weighted by Crippen LogP contribution is 2.35. The fourth-order valence-electron chi connectivity index (χ4n) is 1.13. The zero-order chi connectivity index (χ0) is 13.2. The van der Waals surface area contributed by atoms with Crippen molar-refractivity contribution < 1.29 is 29.8 Å². The topological polar surface area (TPSA) is 138 Å². The van der Waals surface area contributed by atoms with Crippen LogP contribution in [0.4, 0.5) is 5.00 Å². The molecule has 0 saturated carbocycles. The molecule has 0 radical (unpaired) electrons. The Bertz CT molecular complexity index is 468. The van der Waals surface area contributed by atoms with Crippen LogP contribution in [0.15, 0.2) is 6.07 Å². The molecule has 0 spiro atoms. The quantitative estimate of drug-likeness (QED) is 0.383. The van der Waals surface area contributed by atoms with E-state index in [0.29, 0.717) is 17.6 Å². The average molecular weight is 261 g/mol. The Morgan fingerprint density at radius 3 is 2.53 bits per heavy atom. The van der Waals surface area contributed by atoms with Crippen molar-refractivity contribution in [2.75, 3.05) is 0 Å². The number of nitro groups is 1. The van der Waals surface area contributed by atoms with Crippen LogP contribution in [0.2, 0.25) is 0 Å². The second kappa shape index (κ2) is 4.99. The van der Waals surface area contributed by atoms with Crippen LogP contribution in [-0.2, 0) is 4.79 Å². The van der Waals surface area contributed by atoms with Gasteiger partial charge in [-0.15, -0.1) is 0 Å². The van der Waals surface area contributed by atoms with Gasteiger partial charge in [0.25, 0.3) is 0 Å². The number of aldehydes is 1. The molecule has 8 nitrogen and oxygen atoms in total. The lowest BCUT2D eigenvalue weighted by atomic mass is 10.1. The Labute approximate surface area is 97.9 Å². The number of hydrogen-bond acceptors (Lipinski definition) is 7. The third kappa shape index (κ3) is 2.64. The van der Waals surface area contributed by atoms with E-state index in [1.54, 1.807) is 0 Å². The zero-order valence-corrected chi connectivity index (χ0v) is 8.96. The molecule has 2 unspecified atom stereocenters. The van der Waals surface area contributed by atoms with E-state index < -0.39 is 33.7 Å². The molecule has 1 aromatic rings. The number of hydrogen-bond donors (Lipinski definition) is 3. The lowest BCUT2D eigenvalue weighted by Crippen LogP contribution is -2.27. The standard InChI is InChI=1S/C8H7NO7S/c10-2-3-1-4(7(17-3)9(15)16)5(11)6(12)8(13)14/h1-2,5-6,11-12H,(H,13,14). The normalized spacial score (nSPS) is 14.0. The number of carbonyl (C=O) groups is 2. The van der Waals surface area contributed by atoms with E-state index in [4.69, 9.17) is 10.2 Å². The molecule has 0 aromatic carbocycles. The minimum atomic E-state index is -2.19. The molecular formula is C8H7NO7S. The van der Waals surface area contributed by atoms with Crippen molar-refractivity contribution in [3.63, 3.8) is 0 Å². The summed E-state index contributed by atoms with van der Waals surface area (Å²) < 4.78 is 0. The van der Waals surface area contributed by atoms with Crippen LogP contribution in [0.5, 0.6) is 0 Å². The van der Waals surface area contributed by atoms with Gasteiger partial charge >= 0.3 is 11.0 Å². The van der Waals surface area contributed by atoms with Gasteiger partial charge in [0.05, 0.1) is 15.4 Å². The number of aliphatic hydroxyl groups is 2. The van der Waals surface area contributed by atoms with E-state index in [1.165, 1.54) is 0 Å². The van der Waals surface area contributed by atoms with Gasteiger partial charge in [-0.25, -0.2) is 4.79 Å². The summed E-state index contributed by atoms with van der Waals surface area (Å²) in [5.74, 6) is -1.72. The SMILES string of the molecule is O=Cc1cc(C(O)C(O)C(=O)O)c([N+](=O)[O-])s1. The molecule has 0 amide bonds. The summed E-state index contributed by atoms with van der Waals surface area (Å²) in [6.07, 6.45) is -3.82. The fraction of sp³-hybridized carbons (Fsp3) is 0.250. The maximum absolute atomic E-state index is 10.6. The van der Waals surface area contributed by atoms with Crippen molar-refractivity contribution in [2.24, 2.45) is 0 Å². The molecule has 1 heterocycles. The molecule has 0 bridgehead atoms. The summed E-state index contributed by atoms with van der Waals surface area (Å²) >= 11 is 0.494. The minimum absolute atomic E-state index is 0.0386. The van der Waals surface area contributed by atoms with Crippen LogP contribution >= 0.6 is 11.3 Å². The van der Waals surface area contributed by atoms with Gasteiger partial charge in [0.15, 0.2) is 12.4 Å². The second-order valence-electron chi connectivity index (χ2n) is 3.01. The Morgan fingerprint density at radius 1 is 1.53 bits per heavy atom. The van der Waals surface area contributed by atoms with Crippen LogP contribution in [0, 0.1) is 10.1 Å². The van der Waals surface area contributed by atoms with E-state index >= 15 is 0 Å². The number of aliphatic hydroxyl groups excluding tert-OH is 2. The van der Waals surface area contributed by atoms with Gasteiger partial charge in [-0.1, -0.05) is 11.3 Å². The van der Waals surface area contributed by atoms with Crippen molar-refractivity contribution in [1.82, 2.24) is 0 Å². The lowest BCUT2D eigenvalue weighted by Gasteiger charge is -2.11. The van der Waals surface area contributed by atoms with Gasteiger partial charge in [-0.2, -0.15) is 0 Å².